The second-order valence-corrected chi connectivity index (χ2v) is 3.71. The molecule has 1 rings (SSSR count). The summed E-state index contributed by atoms with van der Waals surface area (Å²) in [6.07, 6.45) is 1.16. The van der Waals surface area contributed by atoms with E-state index in [2.05, 4.69) is 5.32 Å². The summed E-state index contributed by atoms with van der Waals surface area (Å²) in [4.78, 5) is 13.2. The van der Waals surface area contributed by atoms with Gasteiger partial charge in [-0.1, -0.05) is 6.92 Å². The first kappa shape index (κ1) is 10.4. The Morgan fingerprint density at radius 1 is 1.69 bits per heavy atom. The van der Waals surface area contributed by atoms with Crippen LogP contribution in [0.4, 0.5) is 4.39 Å². The summed E-state index contributed by atoms with van der Waals surface area (Å²) < 4.78 is 13.8. The zero-order chi connectivity index (χ0) is 9.90. The van der Waals surface area contributed by atoms with Crippen molar-refractivity contribution < 1.29 is 9.18 Å². The lowest BCUT2D eigenvalue weighted by atomic mass is 10.1. The second kappa shape index (κ2) is 4.05. The Balaban J connectivity index is 2.45. The van der Waals surface area contributed by atoms with Gasteiger partial charge in [-0.05, 0) is 13.5 Å². The molecule has 0 saturated carbocycles. The number of carbonyl (C=O) groups excluding carboxylic acids is 1. The van der Waals surface area contributed by atoms with Crippen LogP contribution in [0.3, 0.4) is 0 Å². The van der Waals surface area contributed by atoms with Crippen LogP contribution >= 0.6 is 0 Å². The van der Waals surface area contributed by atoms with E-state index < -0.39 is 11.6 Å². The van der Waals surface area contributed by atoms with E-state index in [-0.39, 0.29) is 6.54 Å². The van der Waals surface area contributed by atoms with Crippen LogP contribution in [0.25, 0.3) is 0 Å². The molecular formula is C9H17FN2O. The van der Waals surface area contributed by atoms with E-state index in [0.29, 0.717) is 19.5 Å². The van der Waals surface area contributed by atoms with Crippen molar-refractivity contribution in [1.29, 1.82) is 0 Å². The number of alkyl halides is 1. The molecule has 1 aliphatic heterocycles. The SMILES string of the molecule is CCCNC(=O)C1(F)CCN(C)C1. The molecule has 1 aliphatic rings. The fourth-order valence-corrected chi connectivity index (χ4v) is 1.54. The van der Waals surface area contributed by atoms with Crippen molar-refractivity contribution in [2.24, 2.45) is 0 Å². The Labute approximate surface area is 78.3 Å². The molecule has 1 N–H and O–H groups in total. The van der Waals surface area contributed by atoms with E-state index >= 15 is 0 Å². The molecule has 1 fully saturated rings. The molecule has 0 aromatic carbocycles. The number of halogens is 1. The molecule has 0 bridgehead atoms. The molecule has 1 unspecified atom stereocenters. The monoisotopic (exact) mass is 188 g/mol. The van der Waals surface area contributed by atoms with Gasteiger partial charge in [0.25, 0.3) is 5.91 Å². The fraction of sp³-hybridized carbons (Fsp3) is 0.889. The van der Waals surface area contributed by atoms with Crippen LogP contribution in [-0.4, -0.2) is 43.2 Å². The smallest absolute Gasteiger partial charge is 0.259 e. The summed E-state index contributed by atoms with van der Waals surface area (Å²) in [5.41, 5.74) is -1.65. The van der Waals surface area contributed by atoms with Crippen LogP contribution in [0.2, 0.25) is 0 Å². The predicted molar refractivity (Wildman–Crippen MR) is 49.3 cm³/mol. The van der Waals surface area contributed by atoms with Crippen molar-refractivity contribution >= 4 is 5.91 Å². The normalized spacial score (nSPS) is 29.2. The number of rotatable bonds is 3. The molecule has 0 aromatic rings. The summed E-state index contributed by atoms with van der Waals surface area (Å²) in [6, 6.07) is 0. The minimum atomic E-state index is -1.65. The molecule has 1 saturated heterocycles. The minimum Gasteiger partial charge on any atom is -0.353 e. The van der Waals surface area contributed by atoms with Gasteiger partial charge < -0.3 is 10.2 Å². The Morgan fingerprint density at radius 3 is 2.85 bits per heavy atom. The first-order chi connectivity index (χ1) is 6.08. The number of nitrogens with one attached hydrogen (secondary N) is 1. The lowest BCUT2D eigenvalue weighted by molar-refractivity contribution is -0.132. The summed E-state index contributed by atoms with van der Waals surface area (Å²) in [6.45, 7) is 3.40. The first-order valence-corrected chi connectivity index (χ1v) is 4.74. The summed E-state index contributed by atoms with van der Waals surface area (Å²) in [5.74, 6) is -0.446. The summed E-state index contributed by atoms with van der Waals surface area (Å²) in [5, 5.41) is 2.59. The van der Waals surface area contributed by atoms with Gasteiger partial charge in [0.15, 0.2) is 0 Å². The quantitative estimate of drug-likeness (QED) is 0.701. The molecule has 0 aromatic heterocycles. The van der Waals surface area contributed by atoms with Crippen LogP contribution in [-0.2, 0) is 4.79 Å². The van der Waals surface area contributed by atoms with Crippen molar-refractivity contribution in [2.45, 2.75) is 25.4 Å². The van der Waals surface area contributed by atoms with Crippen molar-refractivity contribution in [3.05, 3.63) is 0 Å². The van der Waals surface area contributed by atoms with Crippen molar-refractivity contribution in [2.75, 3.05) is 26.7 Å². The highest BCUT2D eigenvalue weighted by atomic mass is 19.1. The highest BCUT2D eigenvalue weighted by molar-refractivity contribution is 5.85. The van der Waals surface area contributed by atoms with Crippen LogP contribution in [0.1, 0.15) is 19.8 Å². The van der Waals surface area contributed by atoms with Crippen LogP contribution in [0.15, 0.2) is 0 Å². The van der Waals surface area contributed by atoms with Gasteiger partial charge in [-0.15, -0.1) is 0 Å². The molecule has 13 heavy (non-hydrogen) atoms. The van der Waals surface area contributed by atoms with Gasteiger partial charge in [-0.3, -0.25) is 4.79 Å². The molecule has 1 heterocycles. The fourth-order valence-electron chi connectivity index (χ4n) is 1.54. The van der Waals surface area contributed by atoms with E-state index in [1.807, 2.05) is 18.9 Å². The zero-order valence-electron chi connectivity index (χ0n) is 8.27. The maximum absolute atomic E-state index is 13.8. The second-order valence-electron chi connectivity index (χ2n) is 3.71. The average molecular weight is 188 g/mol. The number of amides is 1. The number of likely N-dealkylation sites (tertiary alicyclic amines) is 1. The third-order valence-electron chi connectivity index (χ3n) is 2.35. The average Bonchev–Trinajstić information content (AvgIpc) is 2.43. The maximum Gasteiger partial charge on any atom is 0.259 e. The summed E-state index contributed by atoms with van der Waals surface area (Å²) in [7, 11) is 1.83. The van der Waals surface area contributed by atoms with Crippen molar-refractivity contribution in [3.8, 4) is 0 Å². The van der Waals surface area contributed by atoms with Gasteiger partial charge in [0.1, 0.15) is 0 Å². The van der Waals surface area contributed by atoms with Gasteiger partial charge >= 0.3 is 0 Å². The lowest BCUT2D eigenvalue weighted by Gasteiger charge is -2.18. The van der Waals surface area contributed by atoms with Crippen LogP contribution in [0.5, 0.6) is 0 Å². The summed E-state index contributed by atoms with van der Waals surface area (Å²) >= 11 is 0. The van der Waals surface area contributed by atoms with Gasteiger partial charge in [0, 0.05) is 26.1 Å². The Morgan fingerprint density at radius 2 is 2.38 bits per heavy atom. The Hall–Kier alpha value is -0.640. The van der Waals surface area contributed by atoms with Gasteiger partial charge in [0.05, 0.1) is 0 Å². The molecular weight excluding hydrogens is 171 g/mol. The van der Waals surface area contributed by atoms with E-state index in [1.54, 1.807) is 0 Å². The molecule has 0 aliphatic carbocycles. The standard InChI is InChI=1S/C9H17FN2O/c1-3-5-11-8(13)9(10)4-6-12(2)7-9/h3-7H2,1-2H3,(H,11,13). The predicted octanol–water partition coefficient (Wildman–Crippen LogP) is 0.556. The number of hydrogen-bond acceptors (Lipinski definition) is 2. The largest absolute Gasteiger partial charge is 0.353 e. The number of carbonyl (C=O) groups is 1. The van der Waals surface area contributed by atoms with Crippen molar-refractivity contribution in [1.82, 2.24) is 10.2 Å². The van der Waals surface area contributed by atoms with Gasteiger partial charge in [-0.25, -0.2) is 4.39 Å². The van der Waals surface area contributed by atoms with Crippen LogP contribution < -0.4 is 5.32 Å². The molecule has 0 spiro atoms. The third kappa shape index (κ3) is 2.40. The Bertz CT molecular complexity index is 198. The third-order valence-corrected chi connectivity index (χ3v) is 2.35. The topological polar surface area (TPSA) is 32.3 Å². The lowest BCUT2D eigenvalue weighted by Crippen LogP contribution is -2.45. The van der Waals surface area contributed by atoms with E-state index in [9.17, 15) is 9.18 Å². The molecule has 1 atom stereocenters. The highest BCUT2D eigenvalue weighted by Crippen LogP contribution is 2.24. The van der Waals surface area contributed by atoms with Gasteiger partial charge in [-0.2, -0.15) is 0 Å². The van der Waals surface area contributed by atoms with E-state index in [1.165, 1.54) is 0 Å². The maximum atomic E-state index is 13.8. The first-order valence-electron chi connectivity index (χ1n) is 4.74. The zero-order valence-corrected chi connectivity index (χ0v) is 8.27. The number of nitrogens with zero attached hydrogens (tertiary/aromatic N) is 1. The van der Waals surface area contributed by atoms with Crippen molar-refractivity contribution in [3.63, 3.8) is 0 Å². The Kier molecular flexibility index (Phi) is 3.25. The van der Waals surface area contributed by atoms with E-state index in [4.69, 9.17) is 0 Å². The van der Waals surface area contributed by atoms with Gasteiger partial charge in [0.2, 0.25) is 5.67 Å². The highest BCUT2D eigenvalue weighted by Gasteiger charge is 2.43. The molecule has 4 heteroatoms. The molecule has 3 nitrogen and oxygen atoms in total. The molecule has 1 amide bonds. The molecule has 0 radical (unpaired) electrons. The van der Waals surface area contributed by atoms with Crippen LogP contribution in [0, 0.1) is 0 Å². The molecule has 76 valence electrons. The van der Waals surface area contributed by atoms with E-state index in [0.717, 1.165) is 6.42 Å². The number of hydrogen-bond donors (Lipinski definition) is 1. The minimum absolute atomic E-state index is 0.225.